The smallest absolute Gasteiger partial charge is 0.178 e. The van der Waals surface area contributed by atoms with Crippen molar-refractivity contribution in [3.05, 3.63) is 78.1 Å². The van der Waals surface area contributed by atoms with Crippen molar-refractivity contribution in [3.8, 4) is 11.4 Å². The number of benzene rings is 3. The van der Waals surface area contributed by atoms with Crippen molar-refractivity contribution in [2.24, 2.45) is 0 Å². The second kappa shape index (κ2) is 9.46. The van der Waals surface area contributed by atoms with E-state index in [9.17, 15) is 17.9 Å². The number of ether oxygens (including phenoxy) is 1. The Morgan fingerprint density at radius 2 is 1.66 bits per heavy atom. The molecule has 0 saturated carbocycles. The third kappa shape index (κ3) is 4.95. The summed E-state index contributed by atoms with van der Waals surface area (Å²) in [6.45, 7) is 0.170. The van der Waals surface area contributed by atoms with Gasteiger partial charge in [0.05, 0.1) is 17.3 Å². The lowest BCUT2D eigenvalue weighted by Crippen LogP contribution is -2.12. The number of halogens is 1. The van der Waals surface area contributed by atoms with Gasteiger partial charge in [0.1, 0.15) is 28.3 Å². The van der Waals surface area contributed by atoms with Crippen molar-refractivity contribution >= 4 is 20.9 Å². The molecule has 1 heterocycles. The molecule has 1 aromatic heterocycles. The van der Waals surface area contributed by atoms with Gasteiger partial charge in [0, 0.05) is 6.61 Å². The number of aromatic nitrogens is 3. The SMILES string of the molecule is O=S(=O)(CCCOc1ccc(CCO)cc1-n1nc2ccccc2n1)c1ccc(F)cc1. The molecule has 1 N–H and O–H groups in total. The number of nitrogens with zero attached hydrogens (tertiary/aromatic N) is 3. The minimum atomic E-state index is -3.53. The average Bonchev–Trinajstić information content (AvgIpc) is 3.22. The van der Waals surface area contributed by atoms with Crippen LogP contribution in [0.1, 0.15) is 12.0 Å². The first-order valence-electron chi connectivity index (χ1n) is 10.1. The van der Waals surface area contributed by atoms with Crippen molar-refractivity contribution in [2.75, 3.05) is 19.0 Å². The highest BCUT2D eigenvalue weighted by atomic mass is 32.2. The van der Waals surface area contributed by atoms with Gasteiger partial charge in [-0.2, -0.15) is 0 Å². The molecule has 3 aromatic carbocycles. The third-order valence-electron chi connectivity index (χ3n) is 4.91. The summed E-state index contributed by atoms with van der Waals surface area (Å²) in [4.78, 5) is 1.57. The summed E-state index contributed by atoms with van der Waals surface area (Å²) in [5, 5.41) is 18.3. The number of aliphatic hydroxyl groups is 1. The van der Waals surface area contributed by atoms with E-state index in [1.54, 1.807) is 6.07 Å². The van der Waals surface area contributed by atoms with Crippen molar-refractivity contribution in [1.82, 2.24) is 15.0 Å². The summed E-state index contributed by atoms with van der Waals surface area (Å²) in [5.74, 6) is -0.101. The second-order valence-electron chi connectivity index (χ2n) is 7.23. The van der Waals surface area contributed by atoms with E-state index >= 15 is 0 Å². The van der Waals surface area contributed by atoms with Crippen LogP contribution in [0.4, 0.5) is 4.39 Å². The van der Waals surface area contributed by atoms with Crippen LogP contribution >= 0.6 is 0 Å². The summed E-state index contributed by atoms with van der Waals surface area (Å²) in [6, 6.07) is 17.7. The first kappa shape index (κ1) is 21.9. The minimum Gasteiger partial charge on any atom is -0.491 e. The molecule has 0 unspecified atom stereocenters. The molecule has 166 valence electrons. The van der Waals surface area contributed by atoms with Crippen molar-refractivity contribution in [1.29, 1.82) is 0 Å². The number of hydrogen-bond acceptors (Lipinski definition) is 6. The van der Waals surface area contributed by atoms with Gasteiger partial charge in [0.25, 0.3) is 0 Å². The molecular formula is C23H22FN3O4S. The fourth-order valence-electron chi connectivity index (χ4n) is 3.28. The number of aliphatic hydroxyl groups excluding tert-OH is 1. The van der Waals surface area contributed by atoms with Gasteiger partial charge >= 0.3 is 0 Å². The maximum absolute atomic E-state index is 13.1. The van der Waals surface area contributed by atoms with Crippen molar-refractivity contribution in [2.45, 2.75) is 17.7 Å². The van der Waals surface area contributed by atoms with Crippen LogP contribution in [0.2, 0.25) is 0 Å². The highest BCUT2D eigenvalue weighted by Gasteiger charge is 2.15. The lowest BCUT2D eigenvalue weighted by atomic mass is 10.1. The predicted octanol–water partition coefficient (Wildman–Crippen LogP) is 3.34. The van der Waals surface area contributed by atoms with Crippen LogP contribution in [-0.4, -0.2) is 47.5 Å². The fraction of sp³-hybridized carbons (Fsp3) is 0.217. The quantitative estimate of drug-likeness (QED) is 0.307. The molecule has 0 saturated heterocycles. The zero-order valence-electron chi connectivity index (χ0n) is 17.2. The van der Waals surface area contributed by atoms with Crippen LogP contribution in [-0.2, 0) is 16.3 Å². The summed E-state index contributed by atoms with van der Waals surface area (Å²) in [7, 11) is -3.53. The lowest BCUT2D eigenvalue weighted by molar-refractivity contribution is 0.299. The van der Waals surface area contributed by atoms with Gasteiger partial charge in [-0.05, 0) is 66.9 Å². The molecule has 0 atom stereocenters. The maximum atomic E-state index is 13.1. The van der Waals surface area contributed by atoms with Gasteiger partial charge in [0.2, 0.25) is 0 Å². The number of fused-ring (bicyclic) bond motifs is 1. The minimum absolute atomic E-state index is 0.00933. The molecule has 32 heavy (non-hydrogen) atoms. The Morgan fingerprint density at radius 3 is 2.31 bits per heavy atom. The lowest BCUT2D eigenvalue weighted by Gasteiger charge is -2.12. The zero-order valence-corrected chi connectivity index (χ0v) is 18.0. The van der Waals surface area contributed by atoms with E-state index < -0.39 is 15.7 Å². The molecule has 0 aliphatic carbocycles. The Bertz CT molecular complexity index is 1290. The molecule has 9 heteroatoms. The second-order valence-corrected chi connectivity index (χ2v) is 9.34. The molecule has 7 nitrogen and oxygen atoms in total. The Kier molecular flexibility index (Phi) is 6.48. The molecule has 0 bridgehead atoms. The van der Waals surface area contributed by atoms with Crippen LogP contribution in [0.25, 0.3) is 16.7 Å². The number of rotatable bonds is 9. The standard InChI is InChI=1S/C23H22FN3O4S/c24-18-7-9-19(10-8-18)32(29,30)15-3-14-31-23-11-6-17(12-13-28)16-22(23)27-25-20-4-1-2-5-21(20)26-27/h1-2,4-11,16,28H,3,12-15H2. The first-order chi connectivity index (χ1) is 15.5. The Hall–Kier alpha value is -3.30. The highest BCUT2D eigenvalue weighted by molar-refractivity contribution is 7.91. The van der Waals surface area contributed by atoms with Crippen molar-refractivity contribution < 1.29 is 22.7 Å². The molecule has 0 spiro atoms. The average molecular weight is 456 g/mol. The van der Waals surface area contributed by atoms with E-state index in [-0.39, 0.29) is 30.3 Å². The topological polar surface area (TPSA) is 94.3 Å². The normalized spacial score (nSPS) is 11.7. The molecule has 0 aliphatic heterocycles. The van der Waals surface area contributed by atoms with Gasteiger partial charge < -0.3 is 9.84 Å². The molecule has 4 rings (SSSR count). The molecule has 4 aromatic rings. The van der Waals surface area contributed by atoms with Crippen LogP contribution in [0, 0.1) is 5.82 Å². The molecule has 0 aliphatic rings. The first-order valence-corrected chi connectivity index (χ1v) is 11.8. The summed E-state index contributed by atoms with van der Waals surface area (Å²) >= 11 is 0. The van der Waals surface area contributed by atoms with E-state index in [1.807, 2.05) is 36.4 Å². The van der Waals surface area contributed by atoms with Crippen molar-refractivity contribution in [3.63, 3.8) is 0 Å². The van der Waals surface area contributed by atoms with Gasteiger partial charge in [-0.15, -0.1) is 15.0 Å². The highest BCUT2D eigenvalue weighted by Crippen LogP contribution is 2.25. The Morgan fingerprint density at radius 1 is 0.969 bits per heavy atom. The molecule has 0 radical (unpaired) electrons. The van der Waals surface area contributed by atoms with Crippen LogP contribution in [0.3, 0.4) is 0 Å². The van der Waals surface area contributed by atoms with Gasteiger partial charge in [-0.1, -0.05) is 18.2 Å². The fourth-order valence-corrected chi connectivity index (χ4v) is 4.57. The van der Waals surface area contributed by atoms with Gasteiger partial charge in [0.15, 0.2) is 9.84 Å². The van der Waals surface area contributed by atoms with E-state index in [4.69, 9.17) is 4.74 Å². The summed E-state index contributed by atoms with van der Waals surface area (Å²) in [5.41, 5.74) is 2.97. The molecule has 0 fully saturated rings. The Balaban J connectivity index is 1.50. The largest absolute Gasteiger partial charge is 0.491 e. The summed E-state index contributed by atoms with van der Waals surface area (Å²) < 4.78 is 43.8. The van der Waals surface area contributed by atoms with Crippen LogP contribution < -0.4 is 4.74 Å². The van der Waals surface area contributed by atoms with E-state index in [0.29, 0.717) is 17.9 Å². The maximum Gasteiger partial charge on any atom is 0.178 e. The van der Waals surface area contributed by atoms with E-state index in [0.717, 1.165) is 28.7 Å². The molecule has 0 amide bonds. The summed E-state index contributed by atoms with van der Waals surface area (Å²) in [6.07, 6.45) is 0.732. The van der Waals surface area contributed by atoms with Crippen LogP contribution in [0.15, 0.2) is 71.6 Å². The number of sulfone groups is 1. The number of hydrogen-bond donors (Lipinski definition) is 1. The predicted molar refractivity (Wildman–Crippen MR) is 118 cm³/mol. The van der Waals surface area contributed by atoms with Crippen LogP contribution in [0.5, 0.6) is 5.75 Å². The Labute approximate surface area is 185 Å². The molecular weight excluding hydrogens is 433 g/mol. The van der Waals surface area contributed by atoms with Gasteiger partial charge in [-0.3, -0.25) is 0 Å². The van der Waals surface area contributed by atoms with E-state index in [2.05, 4.69) is 10.2 Å². The van der Waals surface area contributed by atoms with E-state index in [1.165, 1.54) is 16.9 Å². The van der Waals surface area contributed by atoms with Gasteiger partial charge in [-0.25, -0.2) is 12.8 Å². The monoisotopic (exact) mass is 455 g/mol. The third-order valence-corrected chi connectivity index (χ3v) is 6.73. The zero-order chi connectivity index (χ0) is 22.6.